The van der Waals surface area contributed by atoms with E-state index in [0.29, 0.717) is 0 Å². The Bertz CT molecular complexity index is 1470. The van der Waals surface area contributed by atoms with Crippen LogP contribution in [0.2, 0.25) is 0 Å². The molecule has 3 amide bonds. The largest absolute Gasteiger partial charge is 0.480 e. The van der Waals surface area contributed by atoms with Crippen molar-refractivity contribution in [3.05, 3.63) is 72.1 Å². The van der Waals surface area contributed by atoms with E-state index < -0.39 is 48.4 Å². The molecule has 0 saturated heterocycles. The van der Waals surface area contributed by atoms with Crippen molar-refractivity contribution in [2.24, 2.45) is 5.73 Å². The number of aromatic amines is 2. The van der Waals surface area contributed by atoms with E-state index in [2.05, 4.69) is 25.9 Å². The number of rotatable bonds is 11. The highest BCUT2D eigenvalue weighted by Gasteiger charge is 2.29. The zero-order valence-electron chi connectivity index (χ0n) is 20.8. The predicted octanol–water partition coefficient (Wildman–Crippen LogP) is 0.952. The van der Waals surface area contributed by atoms with Crippen LogP contribution in [-0.4, -0.2) is 63.4 Å². The van der Waals surface area contributed by atoms with Gasteiger partial charge < -0.3 is 36.8 Å². The van der Waals surface area contributed by atoms with Crippen LogP contribution in [0.25, 0.3) is 21.8 Å². The van der Waals surface area contributed by atoms with Gasteiger partial charge in [-0.3, -0.25) is 19.2 Å². The molecule has 0 fully saturated rings. The summed E-state index contributed by atoms with van der Waals surface area (Å²) in [6, 6.07) is 12.1. The number of hydrogen-bond donors (Lipinski definition) is 7. The Morgan fingerprint density at radius 2 is 1.26 bits per heavy atom. The first-order chi connectivity index (χ1) is 18.2. The zero-order chi connectivity index (χ0) is 27.2. The van der Waals surface area contributed by atoms with E-state index in [9.17, 15) is 19.2 Å². The first kappa shape index (κ1) is 26.4. The van der Waals surface area contributed by atoms with Crippen molar-refractivity contribution < 1.29 is 24.3 Å². The normalized spacial score (nSPS) is 13.5. The molecule has 3 unspecified atom stereocenters. The van der Waals surface area contributed by atoms with E-state index in [1.165, 1.54) is 6.92 Å². The van der Waals surface area contributed by atoms with Crippen LogP contribution >= 0.6 is 0 Å². The zero-order valence-corrected chi connectivity index (χ0v) is 20.8. The Hall–Kier alpha value is -4.64. The molecule has 38 heavy (non-hydrogen) atoms. The van der Waals surface area contributed by atoms with Crippen molar-refractivity contribution in [3.63, 3.8) is 0 Å². The van der Waals surface area contributed by atoms with E-state index in [-0.39, 0.29) is 12.8 Å². The standard InChI is InChI=1S/C27H30N6O5/c1-15(28)25(36)32-23(11-17-13-30-21-9-5-3-7-19(17)21)27(38)33-22(26(37)31-14-24(34)35)10-16-12-29-20-8-4-2-6-18(16)20/h2-9,12-13,15,22-23,29-30H,10-11,14,28H2,1H3,(H,31,37)(H,32,36)(H,33,38)(H,34,35). The minimum atomic E-state index is -1.21. The number of fused-ring (bicyclic) bond motifs is 2. The third kappa shape index (κ3) is 6.19. The highest BCUT2D eigenvalue weighted by atomic mass is 16.4. The number of carboxylic acids is 1. The minimum Gasteiger partial charge on any atom is -0.480 e. The number of para-hydroxylation sites is 2. The first-order valence-electron chi connectivity index (χ1n) is 12.2. The number of hydrogen-bond acceptors (Lipinski definition) is 5. The van der Waals surface area contributed by atoms with Crippen LogP contribution < -0.4 is 21.7 Å². The fourth-order valence-corrected chi connectivity index (χ4v) is 4.32. The number of benzene rings is 2. The Morgan fingerprint density at radius 3 is 1.76 bits per heavy atom. The predicted molar refractivity (Wildman–Crippen MR) is 142 cm³/mol. The topological polar surface area (TPSA) is 182 Å². The molecule has 4 aromatic rings. The van der Waals surface area contributed by atoms with Crippen LogP contribution in [0.1, 0.15) is 18.1 Å². The molecule has 0 aliphatic carbocycles. The van der Waals surface area contributed by atoms with Crippen LogP contribution in [0.15, 0.2) is 60.9 Å². The summed E-state index contributed by atoms with van der Waals surface area (Å²) < 4.78 is 0. The van der Waals surface area contributed by atoms with Crippen LogP contribution in [-0.2, 0) is 32.0 Å². The summed E-state index contributed by atoms with van der Waals surface area (Å²) in [5, 5.41) is 18.5. The van der Waals surface area contributed by atoms with Crippen molar-refractivity contribution in [2.45, 2.75) is 37.9 Å². The third-order valence-electron chi connectivity index (χ3n) is 6.29. The smallest absolute Gasteiger partial charge is 0.322 e. The molecular weight excluding hydrogens is 488 g/mol. The van der Waals surface area contributed by atoms with Gasteiger partial charge in [0.25, 0.3) is 0 Å². The summed E-state index contributed by atoms with van der Waals surface area (Å²) in [6.45, 7) is 0.911. The monoisotopic (exact) mass is 518 g/mol. The Balaban J connectivity index is 1.60. The number of carbonyl (C=O) groups excluding carboxylic acids is 3. The molecule has 2 aromatic heterocycles. The maximum absolute atomic E-state index is 13.5. The van der Waals surface area contributed by atoms with Crippen LogP contribution in [0.5, 0.6) is 0 Å². The number of aliphatic carboxylic acids is 1. The van der Waals surface area contributed by atoms with Gasteiger partial charge in [0.1, 0.15) is 18.6 Å². The second kappa shape index (κ2) is 11.6. The van der Waals surface area contributed by atoms with E-state index in [0.717, 1.165) is 32.9 Å². The summed E-state index contributed by atoms with van der Waals surface area (Å²) in [5.41, 5.74) is 9.04. The molecule has 0 saturated carbocycles. The van der Waals surface area contributed by atoms with Gasteiger partial charge in [0.15, 0.2) is 0 Å². The molecule has 11 heteroatoms. The lowest BCUT2D eigenvalue weighted by atomic mass is 10.0. The number of carboxylic acid groups (broad SMARTS) is 1. The van der Waals surface area contributed by atoms with Crippen molar-refractivity contribution in [1.29, 1.82) is 0 Å². The van der Waals surface area contributed by atoms with Crippen molar-refractivity contribution in [3.8, 4) is 0 Å². The molecule has 3 atom stereocenters. The average molecular weight is 519 g/mol. The summed E-state index contributed by atoms with van der Waals surface area (Å²) >= 11 is 0. The van der Waals surface area contributed by atoms with E-state index >= 15 is 0 Å². The SMILES string of the molecule is CC(N)C(=O)NC(Cc1c[nH]c2ccccc12)C(=O)NC(Cc1c[nH]c2ccccc12)C(=O)NCC(=O)O. The summed E-state index contributed by atoms with van der Waals surface area (Å²) in [6.07, 6.45) is 3.76. The molecule has 198 valence electrons. The molecule has 0 aliphatic rings. The highest BCUT2D eigenvalue weighted by Crippen LogP contribution is 2.21. The quantitative estimate of drug-likeness (QED) is 0.155. The Morgan fingerprint density at radius 1 is 0.789 bits per heavy atom. The van der Waals surface area contributed by atoms with Crippen molar-refractivity contribution >= 4 is 45.5 Å². The fourth-order valence-electron chi connectivity index (χ4n) is 4.32. The lowest BCUT2D eigenvalue weighted by Crippen LogP contribution is -2.56. The van der Waals surface area contributed by atoms with Crippen molar-refractivity contribution in [2.75, 3.05) is 6.54 Å². The lowest BCUT2D eigenvalue weighted by molar-refractivity contribution is -0.138. The lowest BCUT2D eigenvalue weighted by Gasteiger charge is -2.23. The molecule has 0 radical (unpaired) electrons. The Kier molecular flexibility index (Phi) is 8.07. The number of aromatic nitrogens is 2. The molecule has 2 heterocycles. The van der Waals surface area contributed by atoms with Gasteiger partial charge in [0.05, 0.1) is 6.04 Å². The fraction of sp³-hybridized carbons (Fsp3) is 0.259. The van der Waals surface area contributed by atoms with Gasteiger partial charge in [0, 0.05) is 47.0 Å². The second-order valence-corrected chi connectivity index (χ2v) is 9.15. The number of amides is 3. The number of H-pyrrole nitrogens is 2. The third-order valence-corrected chi connectivity index (χ3v) is 6.29. The molecular formula is C27H30N6O5. The van der Waals surface area contributed by atoms with Crippen LogP contribution in [0.3, 0.4) is 0 Å². The van der Waals surface area contributed by atoms with Gasteiger partial charge in [-0.1, -0.05) is 36.4 Å². The van der Waals surface area contributed by atoms with Crippen molar-refractivity contribution in [1.82, 2.24) is 25.9 Å². The van der Waals surface area contributed by atoms with Crippen LogP contribution in [0.4, 0.5) is 0 Å². The first-order valence-corrected chi connectivity index (χ1v) is 12.2. The van der Waals surface area contributed by atoms with E-state index in [1.54, 1.807) is 12.4 Å². The molecule has 0 aliphatic heterocycles. The molecule has 2 aromatic carbocycles. The van der Waals surface area contributed by atoms with Gasteiger partial charge in [-0.2, -0.15) is 0 Å². The molecule has 0 bridgehead atoms. The van der Waals surface area contributed by atoms with Crippen LogP contribution in [0, 0.1) is 0 Å². The molecule has 0 spiro atoms. The van der Waals surface area contributed by atoms with Gasteiger partial charge in [-0.25, -0.2) is 0 Å². The summed E-state index contributed by atoms with van der Waals surface area (Å²) in [5.74, 6) is -2.99. The van der Waals surface area contributed by atoms with Gasteiger partial charge in [0.2, 0.25) is 17.7 Å². The highest BCUT2D eigenvalue weighted by molar-refractivity contribution is 5.95. The van der Waals surface area contributed by atoms with E-state index in [1.807, 2.05) is 48.5 Å². The number of nitrogens with two attached hydrogens (primary N) is 1. The average Bonchev–Trinajstić information content (AvgIpc) is 3.50. The number of nitrogens with one attached hydrogen (secondary N) is 5. The molecule has 8 N–H and O–H groups in total. The molecule has 11 nitrogen and oxygen atoms in total. The summed E-state index contributed by atoms with van der Waals surface area (Å²) in [4.78, 5) is 56.3. The maximum atomic E-state index is 13.5. The van der Waals surface area contributed by atoms with Gasteiger partial charge in [-0.05, 0) is 30.2 Å². The summed E-state index contributed by atoms with van der Waals surface area (Å²) in [7, 11) is 0. The Labute approximate surface area is 218 Å². The maximum Gasteiger partial charge on any atom is 0.322 e. The molecule has 4 rings (SSSR count). The van der Waals surface area contributed by atoms with Gasteiger partial charge >= 0.3 is 5.97 Å². The second-order valence-electron chi connectivity index (χ2n) is 9.15. The van der Waals surface area contributed by atoms with E-state index in [4.69, 9.17) is 10.8 Å². The van der Waals surface area contributed by atoms with Gasteiger partial charge in [-0.15, -0.1) is 0 Å². The minimum absolute atomic E-state index is 0.0995. The number of carbonyl (C=O) groups is 4.